The maximum Gasteiger partial charge on any atom is 0.671 e. The summed E-state index contributed by atoms with van der Waals surface area (Å²) in [4.78, 5) is 5.09. The highest BCUT2D eigenvalue weighted by atomic mass is 28.5. The molecule has 1 atom stereocenters. The maximum atomic E-state index is 6.70. The second-order valence-corrected chi connectivity index (χ2v) is 10.5. The molecule has 0 aliphatic carbocycles. The van der Waals surface area contributed by atoms with E-state index in [0.29, 0.717) is 32.2 Å². The molecule has 1 aliphatic heterocycles. The molecule has 10 nitrogen and oxygen atoms in total. The van der Waals surface area contributed by atoms with Gasteiger partial charge in [0, 0.05) is 40.5 Å². The third kappa shape index (κ3) is 6.47. The van der Waals surface area contributed by atoms with Crippen molar-refractivity contribution in [2.75, 3.05) is 61.2 Å². The fourth-order valence-electron chi connectivity index (χ4n) is 2.07. The first-order valence-corrected chi connectivity index (χ1v) is 11.0. The first-order chi connectivity index (χ1) is 11.1. The van der Waals surface area contributed by atoms with Crippen molar-refractivity contribution >= 4 is 17.9 Å². The molecule has 0 amide bonds. The van der Waals surface area contributed by atoms with E-state index >= 15 is 0 Å². The summed E-state index contributed by atoms with van der Waals surface area (Å²) in [7, 11) is 0.149. The summed E-state index contributed by atoms with van der Waals surface area (Å²) in [5.41, 5.74) is 6.70. The predicted octanol–water partition coefficient (Wildman–Crippen LogP) is 0.236. The van der Waals surface area contributed by atoms with Gasteiger partial charge in [0.05, 0.1) is 13.2 Å². The van der Waals surface area contributed by atoms with Crippen LogP contribution in [0.2, 0.25) is 6.04 Å². The second kappa shape index (κ2) is 10.4. The Balaban J connectivity index is 2.92. The molecule has 0 aromatic heterocycles. The molecular formula is C11H27N4O6Si2+. The van der Waals surface area contributed by atoms with Crippen LogP contribution in [-0.4, -0.2) is 84.0 Å². The Morgan fingerprint density at radius 2 is 1.78 bits per heavy atom. The molecule has 0 saturated carbocycles. The fraction of sp³-hybridized carbons (Fsp3) is 1.00. The Hall–Kier alpha value is -0.536. The Morgan fingerprint density at radius 1 is 1.13 bits per heavy atom. The zero-order valence-corrected chi connectivity index (χ0v) is 16.2. The molecule has 0 aromatic rings. The first-order valence-electron chi connectivity index (χ1n) is 7.40. The summed E-state index contributed by atoms with van der Waals surface area (Å²) in [6.07, 6.45) is 0.621. The normalized spacial score (nSPS) is 26.4. The molecule has 134 valence electrons. The van der Waals surface area contributed by atoms with Crippen molar-refractivity contribution in [2.45, 2.75) is 12.5 Å². The van der Waals surface area contributed by atoms with Gasteiger partial charge in [-0.3, -0.25) is 0 Å². The average Bonchev–Trinajstić information content (AvgIpc) is 2.57. The van der Waals surface area contributed by atoms with Crippen LogP contribution in [0.25, 0.3) is 0 Å². The molecule has 0 spiro atoms. The number of hydrogen-bond donors (Lipinski definition) is 1. The number of likely N-dealkylation sites (N-methyl/N-ethyl adjacent to an activating group) is 1. The molecule has 1 aliphatic rings. The molecular weight excluding hydrogens is 340 g/mol. The third-order valence-corrected chi connectivity index (χ3v) is 9.48. The van der Waals surface area contributed by atoms with Crippen LogP contribution in [0.15, 0.2) is 5.11 Å². The Morgan fingerprint density at radius 3 is 2.35 bits per heavy atom. The van der Waals surface area contributed by atoms with E-state index in [1.165, 1.54) is 14.2 Å². The highest BCUT2D eigenvalue weighted by molar-refractivity contribution is 6.72. The number of nitrogens with zero attached hydrogens (tertiary/aromatic N) is 3. The smallest absolute Gasteiger partial charge is 0.377 e. The number of hydrogen-bond acceptors (Lipinski definition) is 9. The van der Waals surface area contributed by atoms with Gasteiger partial charge in [-0.25, -0.2) is 0 Å². The van der Waals surface area contributed by atoms with Crippen molar-refractivity contribution in [2.24, 2.45) is 5.11 Å². The molecule has 1 fully saturated rings. The molecule has 1 unspecified atom stereocenters. The van der Waals surface area contributed by atoms with Crippen LogP contribution in [0.4, 0.5) is 0 Å². The summed E-state index contributed by atoms with van der Waals surface area (Å²) in [6.45, 7) is 2.79. The van der Waals surface area contributed by atoms with Gasteiger partial charge in [0.2, 0.25) is 4.91 Å². The van der Waals surface area contributed by atoms with E-state index in [2.05, 4.69) is 14.9 Å². The molecule has 1 saturated heterocycles. The van der Waals surface area contributed by atoms with E-state index in [1.54, 1.807) is 7.11 Å². The Labute approximate surface area is 139 Å². The van der Waals surface area contributed by atoms with Crippen LogP contribution in [0.3, 0.4) is 0 Å². The zero-order valence-electron chi connectivity index (χ0n) is 14.2. The number of nitrogens with one attached hydrogen (secondary N) is 1. The van der Waals surface area contributed by atoms with E-state index in [4.69, 9.17) is 31.8 Å². The van der Waals surface area contributed by atoms with E-state index in [1.807, 2.05) is 7.05 Å². The van der Waals surface area contributed by atoms with Gasteiger partial charge in [-0.15, -0.1) is 0 Å². The monoisotopic (exact) mass is 367 g/mol. The van der Waals surface area contributed by atoms with Gasteiger partial charge < -0.3 is 31.1 Å². The Kier molecular flexibility index (Phi) is 9.23. The lowest BCUT2D eigenvalue weighted by molar-refractivity contribution is -0.0154. The quantitative estimate of drug-likeness (QED) is 0.297. The summed E-state index contributed by atoms with van der Waals surface area (Å²) >= 11 is 0. The SMILES string of the molecule is CO[Si]1(CCCN=[N+]=N)OCCN(C)CCO[Si](OC)(OC)O1. The average molecular weight is 368 g/mol. The second-order valence-electron chi connectivity index (χ2n) is 4.97. The third-order valence-electron chi connectivity index (χ3n) is 3.45. The molecule has 0 radical (unpaired) electrons. The van der Waals surface area contributed by atoms with Gasteiger partial charge in [-0.1, -0.05) is 0 Å². The summed E-state index contributed by atoms with van der Waals surface area (Å²) in [5, 5.41) is 3.64. The van der Waals surface area contributed by atoms with Gasteiger partial charge in [0.15, 0.2) is 0 Å². The van der Waals surface area contributed by atoms with Crippen molar-refractivity contribution in [1.82, 2.24) is 9.81 Å². The van der Waals surface area contributed by atoms with E-state index in [9.17, 15) is 0 Å². The molecule has 23 heavy (non-hydrogen) atoms. The molecule has 1 N–H and O–H groups in total. The topological polar surface area (TPSA) is 109 Å². The largest absolute Gasteiger partial charge is 0.671 e. The van der Waals surface area contributed by atoms with Crippen LogP contribution in [0, 0.1) is 5.53 Å². The van der Waals surface area contributed by atoms with E-state index in [0.717, 1.165) is 13.1 Å². The van der Waals surface area contributed by atoms with Crippen molar-refractivity contribution in [3.05, 3.63) is 0 Å². The highest BCUT2D eigenvalue weighted by Gasteiger charge is 2.55. The Bertz CT molecular complexity index is 397. The van der Waals surface area contributed by atoms with Gasteiger partial charge in [0.25, 0.3) is 0 Å². The van der Waals surface area contributed by atoms with E-state index in [-0.39, 0.29) is 0 Å². The minimum absolute atomic E-state index is 0.406. The van der Waals surface area contributed by atoms with Crippen LogP contribution in [0.1, 0.15) is 6.42 Å². The van der Waals surface area contributed by atoms with Gasteiger partial charge in [-0.05, 0) is 13.5 Å². The van der Waals surface area contributed by atoms with Crippen LogP contribution >= 0.6 is 0 Å². The minimum Gasteiger partial charge on any atom is -0.377 e. The number of rotatable bonds is 7. The predicted molar refractivity (Wildman–Crippen MR) is 84.6 cm³/mol. The lowest BCUT2D eigenvalue weighted by Crippen LogP contribution is -2.60. The maximum absolute atomic E-state index is 6.70. The van der Waals surface area contributed by atoms with Gasteiger partial charge in [-0.2, -0.15) is 0 Å². The molecule has 1 heterocycles. The summed E-state index contributed by atoms with van der Waals surface area (Å²) in [6, 6.07) is 0.511. The summed E-state index contributed by atoms with van der Waals surface area (Å²) < 4.78 is 34.4. The van der Waals surface area contributed by atoms with Crippen molar-refractivity contribution in [3.8, 4) is 0 Å². The first kappa shape index (κ1) is 20.5. The minimum atomic E-state index is -3.33. The van der Waals surface area contributed by atoms with Crippen molar-refractivity contribution < 1.29 is 26.2 Å². The summed E-state index contributed by atoms with van der Waals surface area (Å²) in [5.74, 6) is 0. The lowest BCUT2D eigenvalue weighted by Gasteiger charge is -2.36. The fourth-order valence-corrected chi connectivity index (χ4v) is 7.68. The molecule has 0 bridgehead atoms. The molecule has 0 aromatic carbocycles. The van der Waals surface area contributed by atoms with E-state index < -0.39 is 17.9 Å². The van der Waals surface area contributed by atoms with Crippen LogP contribution in [0.5, 0.6) is 0 Å². The van der Waals surface area contributed by atoms with Gasteiger partial charge in [0.1, 0.15) is 17.2 Å². The van der Waals surface area contributed by atoms with Crippen molar-refractivity contribution in [1.29, 1.82) is 5.53 Å². The van der Waals surface area contributed by atoms with Crippen molar-refractivity contribution in [3.63, 3.8) is 0 Å². The lowest BCUT2D eigenvalue weighted by atomic mass is 10.5. The highest BCUT2D eigenvalue weighted by Crippen LogP contribution is 2.24. The van der Waals surface area contributed by atoms with Crippen LogP contribution < -0.4 is 4.91 Å². The molecule has 12 heteroatoms. The standard InChI is InChI=1S/C11H27N4O6Si2/c1-15-7-9-19-22(16-2,11-5-6-13-14-12)21-23(17-3,18-4)20-10-8-15/h12H,5-11H2,1-4H3/q+1. The zero-order chi connectivity index (χ0) is 17.2. The van der Waals surface area contributed by atoms with Gasteiger partial charge >= 0.3 is 17.9 Å². The van der Waals surface area contributed by atoms with Crippen LogP contribution in [-0.2, 0) is 26.2 Å². The molecule has 1 rings (SSSR count).